The van der Waals surface area contributed by atoms with Gasteiger partial charge in [-0.2, -0.15) is 0 Å². The molecular formula is C14H19BrFNO2. The Bertz CT molecular complexity index is 437. The minimum absolute atomic E-state index is 0.0703. The highest BCUT2D eigenvalue weighted by atomic mass is 79.9. The van der Waals surface area contributed by atoms with Gasteiger partial charge in [0, 0.05) is 11.0 Å². The van der Waals surface area contributed by atoms with Crippen molar-refractivity contribution in [3.8, 4) is 5.75 Å². The Morgan fingerprint density at radius 1 is 1.42 bits per heavy atom. The molecule has 0 bridgehead atoms. The summed E-state index contributed by atoms with van der Waals surface area (Å²) in [6.45, 7) is 6.38. The second kappa shape index (κ2) is 7.48. The van der Waals surface area contributed by atoms with Crippen LogP contribution in [0.4, 0.5) is 4.39 Å². The maximum absolute atomic E-state index is 13.5. The molecule has 1 aromatic carbocycles. The fraction of sp³-hybridized carbons (Fsp3) is 0.500. The van der Waals surface area contributed by atoms with E-state index in [1.807, 2.05) is 0 Å². The number of ether oxygens (including phenoxy) is 1. The lowest BCUT2D eigenvalue weighted by Crippen LogP contribution is -2.37. The molecule has 1 amide bonds. The Morgan fingerprint density at radius 2 is 2.11 bits per heavy atom. The number of hydrogen-bond donors (Lipinski definition) is 1. The van der Waals surface area contributed by atoms with E-state index in [1.54, 1.807) is 13.0 Å². The van der Waals surface area contributed by atoms with Crippen LogP contribution < -0.4 is 10.1 Å². The summed E-state index contributed by atoms with van der Waals surface area (Å²) in [7, 11) is 0. The van der Waals surface area contributed by atoms with Gasteiger partial charge in [0.25, 0.3) is 5.91 Å². The van der Waals surface area contributed by atoms with Crippen molar-refractivity contribution < 1.29 is 13.9 Å². The third-order valence-electron chi connectivity index (χ3n) is 2.59. The van der Waals surface area contributed by atoms with Gasteiger partial charge < -0.3 is 10.1 Å². The molecule has 0 heterocycles. The van der Waals surface area contributed by atoms with Crippen molar-refractivity contribution in [2.45, 2.75) is 33.3 Å². The lowest BCUT2D eigenvalue weighted by Gasteiger charge is -2.15. The van der Waals surface area contributed by atoms with Crippen molar-refractivity contribution in [2.75, 3.05) is 6.54 Å². The zero-order valence-electron chi connectivity index (χ0n) is 11.4. The second-order valence-corrected chi connectivity index (χ2v) is 5.72. The normalized spacial score (nSPS) is 12.3. The van der Waals surface area contributed by atoms with Crippen LogP contribution in [0.2, 0.25) is 0 Å². The molecule has 0 spiro atoms. The molecule has 1 unspecified atom stereocenters. The summed E-state index contributed by atoms with van der Waals surface area (Å²) >= 11 is 3.23. The van der Waals surface area contributed by atoms with Crippen molar-refractivity contribution in [3.63, 3.8) is 0 Å². The Balaban J connectivity index is 2.51. The highest BCUT2D eigenvalue weighted by Gasteiger charge is 2.16. The van der Waals surface area contributed by atoms with E-state index < -0.39 is 11.9 Å². The van der Waals surface area contributed by atoms with Gasteiger partial charge in [0.1, 0.15) is 0 Å². The molecule has 1 atom stereocenters. The fourth-order valence-corrected chi connectivity index (χ4v) is 1.78. The van der Waals surface area contributed by atoms with Gasteiger partial charge in [0.2, 0.25) is 0 Å². The van der Waals surface area contributed by atoms with E-state index in [9.17, 15) is 9.18 Å². The van der Waals surface area contributed by atoms with Gasteiger partial charge in [0.05, 0.1) is 0 Å². The number of amides is 1. The highest BCUT2D eigenvalue weighted by molar-refractivity contribution is 9.10. The van der Waals surface area contributed by atoms with Crippen molar-refractivity contribution in [1.29, 1.82) is 0 Å². The molecule has 0 aliphatic carbocycles. The first-order valence-corrected chi connectivity index (χ1v) is 7.09. The number of rotatable bonds is 6. The van der Waals surface area contributed by atoms with Crippen LogP contribution in [0.1, 0.15) is 27.2 Å². The zero-order chi connectivity index (χ0) is 14.4. The molecule has 0 aromatic heterocycles. The number of hydrogen-bond acceptors (Lipinski definition) is 2. The van der Waals surface area contributed by atoms with Gasteiger partial charge in [-0.05, 0) is 37.5 Å². The average Bonchev–Trinajstić information content (AvgIpc) is 2.33. The summed E-state index contributed by atoms with van der Waals surface area (Å²) in [4.78, 5) is 11.8. The van der Waals surface area contributed by atoms with Gasteiger partial charge in [-0.1, -0.05) is 29.8 Å². The lowest BCUT2D eigenvalue weighted by atomic mass is 10.1. The Morgan fingerprint density at radius 3 is 2.74 bits per heavy atom. The Labute approximate surface area is 121 Å². The zero-order valence-corrected chi connectivity index (χ0v) is 13.0. The molecule has 1 rings (SSSR count). The van der Waals surface area contributed by atoms with E-state index in [1.165, 1.54) is 12.1 Å². The first-order valence-electron chi connectivity index (χ1n) is 6.29. The second-order valence-electron chi connectivity index (χ2n) is 4.81. The number of carbonyl (C=O) groups excluding carboxylic acids is 1. The van der Waals surface area contributed by atoms with Crippen LogP contribution in [0, 0.1) is 11.7 Å². The van der Waals surface area contributed by atoms with Crippen LogP contribution >= 0.6 is 15.9 Å². The van der Waals surface area contributed by atoms with Gasteiger partial charge >= 0.3 is 0 Å². The fourth-order valence-electron chi connectivity index (χ4n) is 1.44. The third kappa shape index (κ3) is 5.59. The smallest absolute Gasteiger partial charge is 0.260 e. The molecular weight excluding hydrogens is 313 g/mol. The van der Waals surface area contributed by atoms with E-state index in [0.29, 0.717) is 16.9 Å². The van der Waals surface area contributed by atoms with Gasteiger partial charge in [-0.15, -0.1) is 0 Å². The third-order valence-corrected chi connectivity index (χ3v) is 3.08. The van der Waals surface area contributed by atoms with Crippen molar-refractivity contribution in [3.05, 3.63) is 28.5 Å². The monoisotopic (exact) mass is 331 g/mol. The van der Waals surface area contributed by atoms with Crippen molar-refractivity contribution in [1.82, 2.24) is 5.32 Å². The largest absolute Gasteiger partial charge is 0.478 e. The molecule has 3 nitrogen and oxygen atoms in total. The van der Waals surface area contributed by atoms with Crippen LogP contribution in [0.3, 0.4) is 0 Å². The van der Waals surface area contributed by atoms with Gasteiger partial charge in [0.15, 0.2) is 17.7 Å². The minimum atomic E-state index is -0.726. The lowest BCUT2D eigenvalue weighted by molar-refractivity contribution is -0.127. The van der Waals surface area contributed by atoms with E-state index in [2.05, 4.69) is 35.1 Å². The van der Waals surface area contributed by atoms with Gasteiger partial charge in [-0.3, -0.25) is 4.79 Å². The molecule has 0 aliphatic heterocycles. The van der Waals surface area contributed by atoms with E-state index in [0.717, 1.165) is 6.42 Å². The maximum Gasteiger partial charge on any atom is 0.260 e. The first kappa shape index (κ1) is 16.0. The molecule has 5 heteroatoms. The summed E-state index contributed by atoms with van der Waals surface area (Å²) in [6, 6.07) is 4.38. The molecule has 0 fully saturated rings. The molecule has 0 saturated heterocycles. The van der Waals surface area contributed by atoms with Crippen LogP contribution in [0.5, 0.6) is 5.75 Å². The van der Waals surface area contributed by atoms with E-state index in [-0.39, 0.29) is 11.7 Å². The standard InChI is InChI=1S/C14H19BrFNO2/c1-9(2)6-7-17-14(18)10(3)19-13-8-11(15)4-5-12(13)16/h4-5,8-10H,6-7H2,1-3H3,(H,17,18). The van der Waals surface area contributed by atoms with Crippen LogP contribution in [0.15, 0.2) is 22.7 Å². The molecule has 19 heavy (non-hydrogen) atoms. The summed E-state index contributed by atoms with van der Waals surface area (Å²) in [5, 5.41) is 2.77. The Hall–Kier alpha value is -1.10. The maximum atomic E-state index is 13.5. The molecule has 0 saturated carbocycles. The number of halogens is 2. The molecule has 106 valence electrons. The molecule has 0 aliphatic rings. The minimum Gasteiger partial charge on any atom is -0.478 e. The van der Waals surface area contributed by atoms with E-state index >= 15 is 0 Å². The summed E-state index contributed by atoms with van der Waals surface area (Å²) < 4.78 is 19.5. The highest BCUT2D eigenvalue weighted by Crippen LogP contribution is 2.23. The summed E-state index contributed by atoms with van der Waals surface area (Å²) in [5.74, 6) is -0.120. The first-order chi connectivity index (χ1) is 8.90. The van der Waals surface area contributed by atoms with Crippen molar-refractivity contribution in [2.24, 2.45) is 5.92 Å². The summed E-state index contributed by atoms with van der Waals surface area (Å²) in [5.41, 5.74) is 0. The van der Waals surface area contributed by atoms with Crippen LogP contribution in [-0.4, -0.2) is 18.6 Å². The van der Waals surface area contributed by atoms with E-state index in [4.69, 9.17) is 4.74 Å². The SMILES string of the molecule is CC(C)CCNC(=O)C(C)Oc1cc(Br)ccc1F. The van der Waals surface area contributed by atoms with Gasteiger partial charge in [-0.25, -0.2) is 4.39 Å². The quantitative estimate of drug-likeness (QED) is 0.866. The van der Waals surface area contributed by atoms with Crippen LogP contribution in [-0.2, 0) is 4.79 Å². The van der Waals surface area contributed by atoms with Crippen LogP contribution in [0.25, 0.3) is 0 Å². The van der Waals surface area contributed by atoms with Crippen molar-refractivity contribution >= 4 is 21.8 Å². The topological polar surface area (TPSA) is 38.3 Å². The molecule has 1 N–H and O–H groups in total. The Kier molecular flexibility index (Phi) is 6.28. The number of carbonyl (C=O) groups is 1. The number of benzene rings is 1. The predicted molar refractivity (Wildman–Crippen MR) is 76.7 cm³/mol. The average molecular weight is 332 g/mol. The molecule has 1 aromatic rings. The summed E-state index contributed by atoms with van der Waals surface area (Å²) in [6.07, 6.45) is 0.180. The molecule has 0 radical (unpaired) electrons. The predicted octanol–water partition coefficient (Wildman–Crippen LogP) is 3.52. The number of nitrogens with one attached hydrogen (secondary N) is 1.